The zero-order chi connectivity index (χ0) is 16.4. The number of aromatic amines is 1. The molecule has 0 aliphatic carbocycles. The highest BCUT2D eigenvalue weighted by Gasteiger charge is 2.29. The largest absolute Gasteiger partial charge is 0.381 e. The Morgan fingerprint density at radius 2 is 2.04 bits per heavy atom. The molecule has 1 N–H and O–H groups in total. The van der Waals surface area contributed by atoms with Gasteiger partial charge in [0.2, 0.25) is 0 Å². The molecule has 0 spiro atoms. The van der Waals surface area contributed by atoms with E-state index in [4.69, 9.17) is 4.74 Å². The average Bonchev–Trinajstić information content (AvgIpc) is 3.33. The van der Waals surface area contributed by atoms with Crippen LogP contribution in [0, 0.1) is 0 Å². The van der Waals surface area contributed by atoms with E-state index in [0.717, 1.165) is 63.5 Å². The molecule has 128 valence electrons. The number of hydrogen-bond acceptors (Lipinski definition) is 5. The van der Waals surface area contributed by atoms with Crippen molar-refractivity contribution in [1.82, 2.24) is 20.0 Å². The number of nitrogens with one attached hydrogen (secondary N) is 1. The number of piperazine rings is 1. The van der Waals surface area contributed by atoms with Crippen LogP contribution in [0.2, 0.25) is 0 Å². The van der Waals surface area contributed by atoms with E-state index in [1.54, 1.807) is 17.5 Å². The van der Waals surface area contributed by atoms with Crippen molar-refractivity contribution in [2.45, 2.75) is 18.9 Å². The van der Waals surface area contributed by atoms with Gasteiger partial charge in [-0.1, -0.05) is 0 Å². The van der Waals surface area contributed by atoms with Crippen LogP contribution in [0.5, 0.6) is 0 Å². The third kappa shape index (κ3) is 3.11. The monoisotopic (exact) mass is 346 g/mol. The van der Waals surface area contributed by atoms with Gasteiger partial charge in [0.15, 0.2) is 0 Å². The summed E-state index contributed by atoms with van der Waals surface area (Å²) in [5, 5.41) is 11.1. The first-order valence-corrected chi connectivity index (χ1v) is 9.44. The highest BCUT2D eigenvalue weighted by molar-refractivity contribution is 7.08. The van der Waals surface area contributed by atoms with Crippen molar-refractivity contribution in [3.63, 3.8) is 0 Å². The van der Waals surface area contributed by atoms with Crippen LogP contribution in [0.4, 0.5) is 0 Å². The Kier molecular flexibility index (Phi) is 4.64. The summed E-state index contributed by atoms with van der Waals surface area (Å²) in [4.78, 5) is 17.4. The Labute approximate surface area is 145 Å². The third-order valence-electron chi connectivity index (χ3n) is 4.99. The molecule has 2 aromatic heterocycles. The van der Waals surface area contributed by atoms with Gasteiger partial charge in [0.25, 0.3) is 5.91 Å². The van der Waals surface area contributed by atoms with Gasteiger partial charge in [-0.3, -0.25) is 14.8 Å². The van der Waals surface area contributed by atoms with Gasteiger partial charge in [0.1, 0.15) is 0 Å². The van der Waals surface area contributed by atoms with E-state index in [-0.39, 0.29) is 5.91 Å². The molecule has 0 saturated carbocycles. The van der Waals surface area contributed by atoms with Crippen LogP contribution in [0.3, 0.4) is 0 Å². The molecular formula is C17H22N4O2S. The van der Waals surface area contributed by atoms with Crippen molar-refractivity contribution in [2.24, 2.45) is 0 Å². The van der Waals surface area contributed by atoms with E-state index in [1.807, 2.05) is 21.7 Å². The number of H-pyrrole nitrogens is 1. The molecule has 2 saturated heterocycles. The van der Waals surface area contributed by atoms with E-state index in [1.165, 1.54) is 0 Å². The van der Waals surface area contributed by atoms with E-state index >= 15 is 0 Å². The molecule has 4 rings (SSSR count). The Hall–Kier alpha value is -1.70. The maximum atomic E-state index is 12.9. The Balaban J connectivity index is 1.41. The molecule has 0 radical (unpaired) electrons. The second-order valence-corrected chi connectivity index (χ2v) is 7.12. The van der Waals surface area contributed by atoms with Gasteiger partial charge in [-0.05, 0) is 24.3 Å². The highest BCUT2D eigenvalue weighted by atomic mass is 32.1. The molecule has 6 nitrogen and oxygen atoms in total. The summed E-state index contributed by atoms with van der Waals surface area (Å²) in [6, 6.07) is 2.63. The number of carbonyl (C=O) groups is 1. The zero-order valence-corrected chi connectivity index (χ0v) is 14.4. The number of nitrogens with zero attached hydrogens (tertiary/aromatic N) is 3. The lowest BCUT2D eigenvalue weighted by Crippen LogP contribution is -2.53. The van der Waals surface area contributed by atoms with Gasteiger partial charge in [-0.25, -0.2) is 0 Å². The van der Waals surface area contributed by atoms with Crippen molar-refractivity contribution in [3.05, 3.63) is 28.6 Å². The number of carbonyl (C=O) groups excluding carboxylic acids is 1. The molecule has 2 aromatic rings. The predicted molar refractivity (Wildman–Crippen MR) is 93.2 cm³/mol. The second kappa shape index (κ2) is 7.04. The fourth-order valence-electron chi connectivity index (χ4n) is 3.59. The van der Waals surface area contributed by atoms with Crippen LogP contribution in [0.15, 0.2) is 23.0 Å². The number of aromatic nitrogens is 2. The Morgan fingerprint density at radius 1 is 1.25 bits per heavy atom. The van der Waals surface area contributed by atoms with Gasteiger partial charge in [0.05, 0.1) is 17.5 Å². The number of rotatable bonds is 3. The van der Waals surface area contributed by atoms with E-state index < -0.39 is 0 Å². The van der Waals surface area contributed by atoms with Gasteiger partial charge in [0, 0.05) is 56.4 Å². The quantitative estimate of drug-likeness (QED) is 0.924. The van der Waals surface area contributed by atoms with Crippen LogP contribution in [-0.4, -0.2) is 71.3 Å². The van der Waals surface area contributed by atoms with Crippen molar-refractivity contribution in [1.29, 1.82) is 0 Å². The molecule has 2 aliphatic rings. The average molecular weight is 346 g/mol. The van der Waals surface area contributed by atoms with Gasteiger partial charge in [-0.2, -0.15) is 16.4 Å². The molecular weight excluding hydrogens is 324 g/mol. The summed E-state index contributed by atoms with van der Waals surface area (Å²) in [7, 11) is 0. The van der Waals surface area contributed by atoms with Crippen molar-refractivity contribution < 1.29 is 9.53 Å². The molecule has 2 fully saturated rings. The first-order valence-electron chi connectivity index (χ1n) is 8.50. The lowest BCUT2D eigenvalue weighted by atomic mass is 10.1. The molecule has 2 aliphatic heterocycles. The third-order valence-corrected chi connectivity index (χ3v) is 5.67. The number of ether oxygens (including phenoxy) is 1. The molecule has 0 atom stereocenters. The lowest BCUT2D eigenvalue weighted by molar-refractivity contribution is 0.0137. The molecule has 4 heterocycles. The number of hydrogen-bond donors (Lipinski definition) is 1. The smallest absolute Gasteiger partial charge is 0.257 e. The summed E-state index contributed by atoms with van der Waals surface area (Å²) < 4.78 is 5.45. The van der Waals surface area contributed by atoms with E-state index in [2.05, 4.69) is 15.1 Å². The van der Waals surface area contributed by atoms with Crippen LogP contribution >= 0.6 is 11.3 Å². The molecule has 7 heteroatoms. The maximum Gasteiger partial charge on any atom is 0.257 e. The number of amides is 1. The fraction of sp³-hybridized carbons (Fsp3) is 0.529. The summed E-state index contributed by atoms with van der Waals surface area (Å²) in [5.41, 5.74) is 2.53. The van der Waals surface area contributed by atoms with E-state index in [9.17, 15) is 4.79 Å². The number of thiophene rings is 1. The standard InChI is InChI=1S/C17H22N4O2S/c22-17(15-11-18-19-16(15)13-3-10-24-12-13)21-6-4-20(5-7-21)14-1-8-23-9-2-14/h3,10-12,14H,1-2,4-9H2,(H,18,19). The summed E-state index contributed by atoms with van der Waals surface area (Å²) >= 11 is 1.62. The Bertz CT molecular complexity index is 671. The Morgan fingerprint density at radius 3 is 2.75 bits per heavy atom. The van der Waals surface area contributed by atoms with Crippen LogP contribution in [0.25, 0.3) is 11.3 Å². The van der Waals surface area contributed by atoms with Crippen molar-refractivity contribution >= 4 is 17.2 Å². The molecule has 1 amide bonds. The summed E-state index contributed by atoms with van der Waals surface area (Å²) in [5.74, 6) is 0.0802. The summed E-state index contributed by atoms with van der Waals surface area (Å²) in [6.07, 6.45) is 3.87. The minimum absolute atomic E-state index is 0.0802. The fourth-order valence-corrected chi connectivity index (χ4v) is 4.23. The summed E-state index contributed by atoms with van der Waals surface area (Å²) in [6.45, 7) is 5.19. The topological polar surface area (TPSA) is 61.5 Å². The molecule has 0 aromatic carbocycles. The predicted octanol–water partition coefficient (Wildman–Crippen LogP) is 2.08. The molecule has 24 heavy (non-hydrogen) atoms. The second-order valence-electron chi connectivity index (χ2n) is 6.34. The van der Waals surface area contributed by atoms with Gasteiger partial charge in [-0.15, -0.1) is 0 Å². The maximum absolute atomic E-state index is 12.9. The van der Waals surface area contributed by atoms with Crippen LogP contribution < -0.4 is 0 Å². The normalized spacial score (nSPS) is 20.4. The molecule has 0 unspecified atom stereocenters. The van der Waals surface area contributed by atoms with Crippen molar-refractivity contribution in [3.8, 4) is 11.3 Å². The van der Waals surface area contributed by atoms with Crippen LogP contribution in [-0.2, 0) is 4.74 Å². The molecule has 0 bridgehead atoms. The van der Waals surface area contributed by atoms with Crippen molar-refractivity contribution in [2.75, 3.05) is 39.4 Å². The first-order chi connectivity index (χ1) is 11.8. The van der Waals surface area contributed by atoms with Crippen LogP contribution in [0.1, 0.15) is 23.2 Å². The zero-order valence-electron chi connectivity index (χ0n) is 13.6. The highest BCUT2D eigenvalue weighted by Crippen LogP contribution is 2.25. The SMILES string of the molecule is O=C(c1cn[nH]c1-c1ccsc1)N1CCN(C2CCOCC2)CC1. The lowest BCUT2D eigenvalue weighted by Gasteiger charge is -2.40. The first kappa shape index (κ1) is 15.8. The van der Waals surface area contributed by atoms with Gasteiger partial charge < -0.3 is 9.64 Å². The van der Waals surface area contributed by atoms with E-state index in [0.29, 0.717) is 11.6 Å². The minimum atomic E-state index is 0.0802. The van der Waals surface area contributed by atoms with Gasteiger partial charge >= 0.3 is 0 Å². The minimum Gasteiger partial charge on any atom is -0.381 e.